The van der Waals surface area contributed by atoms with E-state index in [0.29, 0.717) is 28.3 Å². The van der Waals surface area contributed by atoms with E-state index in [1.54, 1.807) is 25.3 Å². The first kappa shape index (κ1) is 23.2. The molecular weight excluding hydrogens is 443 g/mol. The van der Waals surface area contributed by atoms with E-state index in [4.69, 9.17) is 18.7 Å². The Kier molecular flexibility index (Phi) is 6.49. The molecule has 0 spiro atoms. The minimum absolute atomic E-state index is 0.0342. The number of carbonyl (C=O) groups is 1. The van der Waals surface area contributed by atoms with Crippen LogP contribution in [0.25, 0.3) is 11.1 Å². The first-order valence-electron chi connectivity index (χ1n) is 10.8. The van der Waals surface area contributed by atoms with Crippen LogP contribution in [0.5, 0.6) is 5.88 Å². The molecule has 1 N–H and O–H groups in total. The second-order valence-electron chi connectivity index (χ2n) is 7.94. The largest absolute Gasteiger partial charge is 0.481 e. The molecule has 10 heteroatoms. The second kappa shape index (κ2) is 9.50. The van der Waals surface area contributed by atoms with Gasteiger partial charge in [-0.25, -0.2) is 19.2 Å². The topological polar surface area (TPSA) is 108 Å². The molecule has 0 bridgehead atoms. The van der Waals surface area contributed by atoms with Crippen molar-refractivity contribution in [2.24, 2.45) is 4.99 Å². The molecule has 4 rings (SSSR count). The summed E-state index contributed by atoms with van der Waals surface area (Å²) in [4.78, 5) is 21.4. The fraction of sp³-hybridized carbons (Fsp3) is 0.333. The lowest BCUT2D eigenvalue weighted by molar-refractivity contribution is -0.162. The quantitative estimate of drug-likeness (QED) is 0.513. The Morgan fingerprint density at radius 1 is 1.29 bits per heavy atom. The normalized spacial score (nSPS) is 17.3. The highest BCUT2D eigenvalue weighted by molar-refractivity contribution is 5.99. The lowest BCUT2D eigenvalue weighted by atomic mass is 9.94. The van der Waals surface area contributed by atoms with Gasteiger partial charge in [-0.05, 0) is 42.2 Å². The smallest absolute Gasteiger partial charge is 0.359 e. The number of methoxy groups -OCH3 is 1. The fourth-order valence-corrected chi connectivity index (χ4v) is 3.74. The van der Waals surface area contributed by atoms with Gasteiger partial charge < -0.3 is 24.1 Å². The zero-order valence-electron chi connectivity index (χ0n) is 19.3. The number of amidine groups is 1. The van der Waals surface area contributed by atoms with Crippen molar-refractivity contribution in [2.45, 2.75) is 32.3 Å². The molecule has 9 nitrogen and oxygen atoms in total. The maximum atomic E-state index is 14.6. The van der Waals surface area contributed by atoms with Crippen LogP contribution in [-0.4, -0.2) is 42.4 Å². The molecule has 0 unspecified atom stereocenters. The van der Waals surface area contributed by atoms with Crippen molar-refractivity contribution in [3.8, 4) is 17.0 Å². The fourth-order valence-electron chi connectivity index (χ4n) is 3.74. The molecule has 0 saturated carbocycles. The van der Waals surface area contributed by atoms with Gasteiger partial charge in [-0.15, -0.1) is 0 Å². The average molecular weight is 468 g/mol. The summed E-state index contributed by atoms with van der Waals surface area (Å²) in [6.45, 7) is 5.70. The van der Waals surface area contributed by atoms with E-state index in [-0.39, 0.29) is 30.8 Å². The van der Waals surface area contributed by atoms with Gasteiger partial charge in [-0.1, -0.05) is 19.0 Å². The van der Waals surface area contributed by atoms with Crippen molar-refractivity contribution in [3.63, 3.8) is 0 Å². The van der Waals surface area contributed by atoms with Crippen molar-refractivity contribution >= 4 is 17.7 Å². The monoisotopic (exact) mass is 468 g/mol. The first-order chi connectivity index (χ1) is 16.4. The van der Waals surface area contributed by atoms with Crippen LogP contribution in [-0.2, 0) is 19.9 Å². The van der Waals surface area contributed by atoms with Gasteiger partial charge in [0.25, 0.3) is 11.6 Å². The van der Waals surface area contributed by atoms with Crippen LogP contribution >= 0.6 is 0 Å². The molecule has 0 amide bonds. The predicted molar refractivity (Wildman–Crippen MR) is 122 cm³/mol. The molecule has 0 aliphatic carbocycles. The van der Waals surface area contributed by atoms with Crippen LogP contribution < -0.4 is 10.1 Å². The third-order valence-corrected chi connectivity index (χ3v) is 5.42. The number of aromatic nitrogens is 2. The second-order valence-corrected chi connectivity index (χ2v) is 7.94. The molecule has 3 heterocycles. The number of ether oxygens (including phenoxy) is 3. The molecule has 0 fully saturated rings. The van der Waals surface area contributed by atoms with Crippen molar-refractivity contribution in [3.05, 3.63) is 59.9 Å². The summed E-state index contributed by atoms with van der Waals surface area (Å²) in [7, 11) is 1.51. The van der Waals surface area contributed by atoms with E-state index in [9.17, 15) is 9.18 Å². The molecule has 0 saturated heterocycles. The van der Waals surface area contributed by atoms with Gasteiger partial charge >= 0.3 is 5.97 Å². The number of anilines is 1. The van der Waals surface area contributed by atoms with E-state index in [0.717, 1.165) is 0 Å². The highest BCUT2D eigenvalue weighted by Gasteiger charge is 2.51. The van der Waals surface area contributed by atoms with Crippen LogP contribution in [0, 0.1) is 5.82 Å². The third kappa shape index (κ3) is 4.30. The maximum absolute atomic E-state index is 14.6. The summed E-state index contributed by atoms with van der Waals surface area (Å²) >= 11 is 0. The number of nitrogens with one attached hydrogen (secondary N) is 1. The number of nitrogens with zero attached hydrogens (tertiary/aromatic N) is 3. The molecule has 3 aromatic rings. The Hall–Kier alpha value is -3.95. The summed E-state index contributed by atoms with van der Waals surface area (Å²) in [5, 5.41) is 7.05. The van der Waals surface area contributed by atoms with Gasteiger partial charge in [-0.3, -0.25) is 0 Å². The van der Waals surface area contributed by atoms with Crippen LogP contribution in [0.1, 0.15) is 37.9 Å². The molecule has 1 atom stereocenters. The number of benzene rings is 1. The van der Waals surface area contributed by atoms with Gasteiger partial charge in [0.15, 0.2) is 0 Å². The Morgan fingerprint density at radius 3 is 2.79 bits per heavy atom. The van der Waals surface area contributed by atoms with Crippen LogP contribution in [0.2, 0.25) is 0 Å². The van der Waals surface area contributed by atoms with E-state index in [1.807, 2.05) is 13.8 Å². The number of hydrogen-bond donors (Lipinski definition) is 1. The van der Waals surface area contributed by atoms with Crippen molar-refractivity contribution in [2.75, 3.05) is 25.6 Å². The first-order valence-corrected chi connectivity index (χ1v) is 10.8. The van der Waals surface area contributed by atoms with E-state index in [1.165, 1.54) is 31.6 Å². The van der Waals surface area contributed by atoms with Crippen LogP contribution in [0.4, 0.5) is 10.1 Å². The highest BCUT2D eigenvalue weighted by atomic mass is 19.1. The average Bonchev–Trinajstić information content (AvgIpc) is 3.51. The van der Waals surface area contributed by atoms with Crippen LogP contribution in [0.3, 0.4) is 0 Å². The minimum atomic E-state index is -1.58. The molecular formula is C24H25FN4O5. The lowest BCUT2D eigenvalue weighted by Gasteiger charge is -2.24. The Morgan fingerprint density at radius 2 is 2.12 bits per heavy atom. The van der Waals surface area contributed by atoms with Crippen molar-refractivity contribution in [1.82, 2.24) is 10.1 Å². The summed E-state index contributed by atoms with van der Waals surface area (Å²) in [6, 6.07) is 7.94. The number of pyridine rings is 1. The molecule has 178 valence electrons. The Bertz CT molecular complexity index is 1210. The number of hydrogen-bond acceptors (Lipinski definition) is 9. The third-order valence-electron chi connectivity index (χ3n) is 5.42. The molecule has 2 aromatic heterocycles. The molecule has 34 heavy (non-hydrogen) atoms. The molecule has 0 radical (unpaired) electrons. The number of carbonyl (C=O) groups excluding carboxylic acids is 1. The van der Waals surface area contributed by atoms with E-state index < -0.39 is 17.4 Å². The van der Waals surface area contributed by atoms with Crippen LogP contribution in [0.15, 0.2) is 52.3 Å². The van der Waals surface area contributed by atoms with Crippen molar-refractivity contribution < 1.29 is 27.9 Å². The summed E-state index contributed by atoms with van der Waals surface area (Å²) in [5.74, 6) is -0.668. The molecule has 1 aromatic carbocycles. The summed E-state index contributed by atoms with van der Waals surface area (Å²) in [6.07, 6.45) is 2.93. The standard InChI is InChI=1S/C24H25FN4O5/c1-5-32-22(30)24(19-7-9-33-29-19)13-27-23(34-24)28-21-17(14(2)3)11-16(25)12-18(21)15-6-8-26-20(10-15)31-4/h6-12,14H,5,13H2,1-4H3,(H,27,28)/t24-/m1/s1. The zero-order chi connectivity index (χ0) is 24.3. The molecule has 1 aliphatic rings. The highest BCUT2D eigenvalue weighted by Crippen LogP contribution is 2.38. The summed E-state index contributed by atoms with van der Waals surface area (Å²) < 4.78 is 36.0. The predicted octanol–water partition coefficient (Wildman–Crippen LogP) is 4.26. The molecule has 1 aliphatic heterocycles. The number of halogens is 1. The van der Waals surface area contributed by atoms with Crippen molar-refractivity contribution in [1.29, 1.82) is 0 Å². The van der Waals surface area contributed by atoms with Gasteiger partial charge in [0.1, 0.15) is 24.3 Å². The number of esters is 1. The Balaban J connectivity index is 1.74. The van der Waals surface area contributed by atoms with Gasteiger partial charge in [0.05, 0.1) is 19.4 Å². The maximum Gasteiger partial charge on any atom is 0.359 e. The van der Waals surface area contributed by atoms with Gasteiger partial charge in [0, 0.05) is 23.9 Å². The minimum Gasteiger partial charge on any atom is -0.481 e. The number of rotatable bonds is 7. The summed E-state index contributed by atoms with van der Waals surface area (Å²) in [5.41, 5.74) is 1.20. The van der Waals surface area contributed by atoms with Gasteiger partial charge in [0.2, 0.25) is 5.88 Å². The Labute approximate surface area is 195 Å². The van der Waals surface area contributed by atoms with E-state index >= 15 is 0 Å². The SMILES string of the molecule is CCOC(=O)[C@]1(c2ccon2)CN=C(Nc2c(-c3ccnc(OC)c3)cc(F)cc2C(C)C)O1. The number of aliphatic imine (C=N–C) groups is 1. The van der Waals surface area contributed by atoms with Gasteiger partial charge in [-0.2, -0.15) is 0 Å². The lowest BCUT2D eigenvalue weighted by Crippen LogP contribution is -2.42. The zero-order valence-corrected chi connectivity index (χ0v) is 19.3. The van der Waals surface area contributed by atoms with E-state index in [2.05, 4.69) is 20.4 Å².